The first-order valence-electron chi connectivity index (χ1n) is 16.4. The van der Waals surface area contributed by atoms with Crippen molar-refractivity contribution in [2.24, 2.45) is 10.9 Å². The van der Waals surface area contributed by atoms with Gasteiger partial charge in [-0.3, -0.25) is 0 Å². The highest BCUT2D eigenvalue weighted by Gasteiger charge is 2.26. The van der Waals surface area contributed by atoms with E-state index in [2.05, 4.69) is 164 Å². The van der Waals surface area contributed by atoms with Crippen LogP contribution >= 0.6 is 0 Å². The van der Waals surface area contributed by atoms with Gasteiger partial charge in [0.1, 0.15) is 0 Å². The Hall–Kier alpha value is -5.86. The zero-order chi connectivity index (χ0) is 31.2. The maximum atomic E-state index is 5.49. The van der Waals surface area contributed by atoms with Crippen LogP contribution in [0.15, 0.2) is 174 Å². The molecule has 5 aromatic carbocycles. The number of nitrogens with zero attached hydrogens (tertiary/aromatic N) is 2. The molecule has 1 aliphatic heterocycles. The standard InChI is InChI=1S/C45H32N2/c1-3-13-32(14-4-1)40-28-42(37-21-19-30-11-7-9-17-34(30)25-37)46-44-27-36(40)23-24-39-41(33-15-5-2-6-16-33)29-43(47-45(39)44)38-22-20-31-12-8-10-18-35(31)26-38/h1-3,5-13,15-29,36H,4,14H2. The summed E-state index contributed by atoms with van der Waals surface area (Å²) in [5.74, 6) is 0.0754. The summed E-state index contributed by atoms with van der Waals surface area (Å²) in [7, 11) is 0. The van der Waals surface area contributed by atoms with E-state index in [0.717, 1.165) is 57.9 Å². The van der Waals surface area contributed by atoms with Crippen LogP contribution in [-0.2, 0) is 0 Å². The van der Waals surface area contributed by atoms with Gasteiger partial charge in [0.2, 0.25) is 0 Å². The number of hydrogen-bond donors (Lipinski definition) is 0. The number of benzene rings is 5. The fourth-order valence-electron chi connectivity index (χ4n) is 7.11. The number of pyridine rings is 1. The van der Waals surface area contributed by atoms with Gasteiger partial charge in [-0.1, -0.05) is 134 Å². The molecular formula is C45H32N2. The maximum absolute atomic E-state index is 5.49. The van der Waals surface area contributed by atoms with Crippen molar-refractivity contribution in [3.8, 4) is 22.4 Å². The summed E-state index contributed by atoms with van der Waals surface area (Å²) in [4.78, 5) is 10.9. The molecule has 2 aliphatic carbocycles. The first-order chi connectivity index (χ1) is 23.3. The van der Waals surface area contributed by atoms with E-state index in [-0.39, 0.29) is 5.92 Å². The molecule has 2 nitrogen and oxygen atoms in total. The van der Waals surface area contributed by atoms with Crippen molar-refractivity contribution in [3.63, 3.8) is 0 Å². The molecule has 1 aromatic heterocycles. The number of allylic oxidation sites excluding steroid dienone is 8. The largest absolute Gasteiger partial charge is 0.246 e. The third-order valence-corrected chi connectivity index (χ3v) is 9.56. The van der Waals surface area contributed by atoms with Crippen molar-refractivity contribution in [3.05, 3.63) is 186 Å². The van der Waals surface area contributed by atoms with Gasteiger partial charge in [-0.25, -0.2) is 9.98 Å². The summed E-state index contributed by atoms with van der Waals surface area (Å²) in [6.45, 7) is 0. The summed E-state index contributed by atoms with van der Waals surface area (Å²) in [5, 5.41) is 4.87. The summed E-state index contributed by atoms with van der Waals surface area (Å²) in [6.07, 6.45) is 18.1. The number of hydrogen-bond acceptors (Lipinski definition) is 2. The molecule has 1 unspecified atom stereocenters. The van der Waals surface area contributed by atoms with Crippen molar-refractivity contribution >= 4 is 39.0 Å². The average molecular weight is 601 g/mol. The van der Waals surface area contributed by atoms with Gasteiger partial charge in [0, 0.05) is 22.6 Å². The van der Waals surface area contributed by atoms with E-state index in [4.69, 9.17) is 9.98 Å². The minimum Gasteiger partial charge on any atom is -0.246 e. The Kier molecular flexibility index (Phi) is 6.71. The highest BCUT2D eigenvalue weighted by atomic mass is 14.8. The van der Waals surface area contributed by atoms with Gasteiger partial charge in [0.05, 0.1) is 22.8 Å². The van der Waals surface area contributed by atoms with Crippen LogP contribution in [0.4, 0.5) is 0 Å². The van der Waals surface area contributed by atoms with Crippen molar-refractivity contribution in [1.82, 2.24) is 4.98 Å². The Labute approximate surface area is 275 Å². The fourth-order valence-corrected chi connectivity index (χ4v) is 7.11. The summed E-state index contributed by atoms with van der Waals surface area (Å²) < 4.78 is 0. The number of fused-ring (bicyclic) bond motifs is 5. The molecule has 2 heterocycles. The van der Waals surface area contributed by atoms with Gasteiger partial charge >= 0.3 is 0 Å². The molecule has 0 radical (unpaired) electrons. The van der Waals surface area contributed by atoms with Gasteiger partial charge in [-0.2, -0.15) is 0 Å². The molecule has 6 aromatic rings. The smallest absolute Gasteiger partial charge is 0.0969 e. The second-order valence-electron chi connectivity index (χ2n) is 12.5. The minimum atomic E-state index is 0.0754. The second kappa shape index (κ2) is 11.5. The van der Waals surface area contributed by atoms with Gasteiger partial charge < -0.3 is 0 Å². The molecule has 0 saturated heterocycles. The van der Waals surface area contributed by atoms with Crippen molar-refractivity contribution in [1.29, 1.82) is 0 Å². The molecule has 1 atom stereocenters. The topological polar surface area (TPSA) is 25.2 Å². The fraction of sp³-hybridized carbons (Fsp3) is 0.0667. The summed E-state index contributed by atoms with van der Waals surface area (Å²) in [6, 6.07) is 43.3. The molecule has 3 aliphatic rings. The number of rotatable bonds is 4. The lowest BCUT2D eigenvalue weighted by Crippen LogP contribution is -2.06. The number of aromatic nitrogens is 1. The minimum absolute atomic E-state index is 0.0754. The Balaban J connectivity index is 1.29. The van der Waals surface area contributed by atoms with E-state index >= 15 is 0 Å². The van der Waals surface area contributed by atoms with Gasteiger partial charge in [0.15, 0.2) is 0 Å². The Morgan fingerprint density at radius 1 is 0.638 bits per heavy atom. The highest BCUT2D eigenvalue weighted by Crippen LogP contribution is 2.41. The first-order valence-corrected chi connectivity index (χ1v) is 16.4. The first kappa shape index (κ1) is 27.5. The van der Waals surface area contributed by atoms with E-state index < -0.39 is 0 Å². The van der Waals surface area contributed by atoms with Crippen LogP contribution in [-0.4, -0.2) is 10.7 Å². The lowest BCUT2D eigenvalue weighted by Gasteiger charge is -2.18. The lowest BCUT2D eigenvalue weighted by molar-refractivity contribution is 0.899. The van der Waals surface area contributed by atoms with E-state index in [9.17, 15) is 0 Å². The number of aliphatic imine (C=N–C) groups is 1. The van der Waals surface area contributed by atoms with Crippen LogP contribution in [0.25, 0.3) is 55.7 Å². The highest BCUT2D eigenvalue weighted by molar-refractivity contribution is 6.14. The molecule has 0 spiro atoms. The van der Waals surface area contributed by atoms with Gasteiger partial charge in [-0.15, -0.1) is 0 Å². The molecule has 2 bridgehead atoms. The van der Waals surface area contributed by atoms with Crippen LogP contribution in [0.1, 0.15) is 29.7 Å². The molecule has 0 amide bonds. The molecule has 222 valence electrons. The van der Waals surface area contributed by atoms with Crippen molar-refractivity contribution in [2.45, 2.75) is 12.8 Å². The molecule has 2 heteroatoms. The van der Waals surface area contributed by atoms with E-state index in [1.807, 2.05) is 0 Å². The van der Waals surface area contributed by atoms with Crippen LogP contribution in [0.3, 0.4) is 0 Å². The van der Waals surface area contributed by atoms with Crippen molar-refractivity contribution in [2.75, 3.05) is 0 Å². The second-order valence-corrected chi connectivity index (χ2v) is 12.5. The Bertz CT molecular complexity index is 2400. The summed E-state index contributed by atoms with van der Waals surface area (Å²) >= 11 is 0. The predicted octanol–water partition coefficient (Wildman–Crippen LogP) is 11.4. The van der Waals surface area contributed by atoms with E-state index in [0.29, 0.717) is 0 Å². The molecule has 0 N–H and O–H groups in total. The maximum Gasteiger partial charge on any atom is 0.0969 e. The van der Waals surface area contributed by atoms with E-state index in [1.165, 1.54) is 38.3 Å². The van der Waals surface area contributed by atoms with Crippen LogP contribution < -0.4 is 0 Å². The van der Waals surface area contributed by atoms with Gasteiger partial charge in [0.25, 0.3) is 0 Å². The monoisotopic (exact) mass is 600 g/mol. The zero-order valence-electron chi connectivity index (χ0n) is 26.0. The Morgan fingerprint density at radius 3 is 2.09 bits per heavy atom. The van der Waals surface area contributed by atoms with Crippen LogP contribution in [0.5, 0.6) is 0 Å². The third-order valence-electron chi connectivity index (χ3n) is 9.56. The molecule has 9 rings (SSSR count). The normalized spacial score (nSPS) is 16.9. The van der Waals surface area contributed by atoms with E-state index in [1.54, 1.807) is 0 Å². The van der Waals surface area contributed by atoms with Crippen LogP contribution in [0, 0.1) is 5.92 Å². The molecular weight excluding hydrogens is 569 g/mol. The molecule has 0 fully saturated rings. The lowest BCUT2D eigenvalue weighted by atomic mass is 9.86. The quantitative estimate of drug-likeness (QED) is 0.198. The van der Waals surface area contributed by atoms with Gasteiger partial charge in [-0.05, 0) is 87.0 Å². The average Bonchev–Trinajstić information content (AvgIpc) is 3.45. The molecule has 47 heavy (non-hydrogen) atoms. The van der Waals surface area contributed by atoms with Crippen molar-refractivity contribution < 1.29 is 0 Å². The zero-order valence-corrected chi connectivity index (χ0v) is 26.0. The third kappa shape index (κ3) is 5.09. The molecule has 0 saturated carbocycles. The Morgan fingerprint density at radius 2 is 1.34 bits per heavy atom. The van der Waals surface area contributed by atoms with Crippen LogP contribution in [0.2, 0.25) is 0 Å². The summed E-state index contributed by atoms with van der Waals surface area (Å²) in [5.41, 5.74) is 12.1. The predicted molar refractivity (Wildman–Crippen MR) is 198 cm³/mol. The SMILES string of the molecule is C1=CCCC(C2=CC(c3ccc4ccccc4c3)=NC3=CC2C=Cc2c(-c4ccccc4)cc(-c4ccc5ccccc5c4)nc23)=C1.